The SMILES string of the molecule is C=CCOc1ccc(C(C)(C)C)cc1C(C)(C)C. The summed E-state index contributed by atoms with van der Waals surface area (Å²) in [6, 6.07) is 6.52. The van der Waals surface area contributed by atoms with Gasteiger partial charge in [0.15, 0.2) is 0 Å². The Labute approximate surface area is 112 Å². The average Bonchev–Trinajstić information content (AvgIpc) is 2.23. The maximum Gasteiger partial charge on any atom is 0.123 e. The Balaban J connectivity index is 3.25. The van der Waals surface area contributed by atoms with Gasteiger partial charge in [0.1, 0.15) is 12.4 Å². The molecular weight excluding hydrogens is 220 g/mol. The number of ether oxygens (including phenoxy) is 1. The Kier molecular flexibility index (Phi) is 4.26. The number of benzene rings is 1. The lowest BCUT2D eigenvalue weighted by Crippen LogP contribution is -2.17. The second-order valence-corrected chi connectivity index (χ2v) is 6.81. The van der Waals surface area contributed by atoms with Gasteiger partial charge < -0.3 is 4.74 Å². The second kappa shape index (κ2) is 5.17. The summed E-state index contributed by atoms with van der Waals surface area (Å²) < 4.78 is 5.76. The van der Waals surface area contributed by atoms with Crippen LogP contribution in [-0.4, -0.2) is 6.61 Å². The molecule has 0 heterocycles. The number of rotatable bonds is 3. The van der Waals surface area contributed by atoms with Crippen LogP contribution in [0.4, 0.5) is 0 Å². The van der Waals surface area contributed by atoms with Crippen molar-refractivity contribution < 1.29 is 4.74 Å². The molecule has 0 atom stereocenters. The summed E-state index contributed by atoms with van der Waals surface area (Å²) in [6.07, 6.45) is 1.78. The third-order valence-corrected chi connectivity index (χ3v) is 3.01. The standard InChI is InChI=1S/C17H26O/c1-8-11-18-15-10-9-13(16(2,3)4)12-14(15)17(5,6)7/h8-10,12H,1,11H2,2-7H3. The zero-order chi connectivity index (χ0) is 14.0. The molecule has 1 aromatic carbocycles. The lowest BCUT2D eigenvalue weighted by molar-refractivity contribution is 0.350. The van der Waals surface area contributed by atoms with E-state index in [0.29, 0.717) is 6.61 Å². The molecule has 1 nitrogen and oxygen atoms in total. The third kappa shape index (κ3) is 3.63. The summed E-state index contributed by atoms with van der Waals surface area (Å²) in [6.45, 7) is 17.6. The van der Waals surface area contributed by atoms with Crippen molar-refractivity contribution in [1.29, 1.82) is 0 Å². The van der Waals surface area contributed by atoms with Crippen molar-refractivity contribution in [1.82, 2.24) is 0 Å². The Bertz CT molecular complexity index is 416. The van der Waals surface area contributed by atoms with Gasteiger partial charge in [0, 0.05) is 0 Å². The van der Waals surface area contributed by atoms with Crippen molar-refractivity contribution in [3.05, 3.63) is 42.0 Å². The van der Waals surface area contributed by atoms with E-state index < -0.39 is 0 Å². The van der Waals surface area contributed by atoms with E-state index in [0.717, 1.165) is 5.75 Å². The van der Waals surface area contributed by atoms with E-state index in [9.17, 15) is 0 Å². The van der Waals surface area contributed by atoms with Crippen molar-refractivity contribution in [2.45, 2.75) is 52.4 Å². The Hall–Kier alpha value is -1.24. The normalized spacial score (nSPS) is 12.3. The maximum absolute atomic E-state index is 5.76. The van der Waals surface area contributed by atoms with E-state index in [4.69, 9.17) is 4.74 Å². The van der Waals surface area contributed by atoms with Gasteiger partial charge >= 0.3 is 0 Å². The molecule has 0 saturated carbocycles. The van der Waals surface area contributed by atoms with Gasteiger partial charge in [-0.2, -0.15) is 0 Å². The van der Waals surface area contributed by atoms with Gasteiger partial charge in [-0.05, 0) is 28.0 Å². The summed E-state index contributed by atoms with van der Waals surface area (Å²) in [5, 5.41) is 0. The predicted octanol–water partition coefficient (Wildman–Crippen LogP) is 4.85. The van der Waals surface area contributed by atoms with Crippen molar-refractivity contribution in [3.63, 3.8) is 0 Å². The molecule has 0 radical (unpaired) electrons. The summed E-state index contributed by atoms with van der Waals surface area (Å²) in [4.78, 5) is 0. The fourth-order valence-corrected chi connectivity index (χ4v) is 1.86. The van der Waals surface area contributed by atoms with Gasteiger partial charge in [0.25, 0.3) is 0 Å². The first-order valence-corrected chi connectivity index (χ1v) is 6.55. The lowest BCUT2D eigenvalue weighted by atomic mass is 9.80. The largest absolute Gasteiger partial charge is 0.489 e. The molecule has 0 fully saturated rings. The monoisotopic (exact) mass is 246 g/mol. The molecule has 18 heavy (non-hydrogen) atoms. The lowest BCUT2D eigenvalue weighted by Gasteiger charge is -2.27. The molecule has 0 aliphatic rings. The van der Waals surface area contributed by atoms with Gasteiger partial charge in [0.2, 0.25) is 0 Å². The number of hydrogen-bond acceptors (Lipinski definition) is 1. The van der Waals surface area contributed by atoms with Crippen LogP contribution in [0.1, 0.15) is 52.7 Å². The minimum Gasteiger partial charge on any atom is -0.489 e. The first kappa shape index (κ1) is 14.8. The van der Waals surface area contributed by atoms with Crippen molar-refractivity contribution in [2.24, 2.45) is 0 Å². The zero-order valence-electron chi connectivity index (χ0n) is 12.6. The molecule has 0 aliphatic carbocycles. The Morgan fingerprint density at radius 2 is 1.67 bits per heavy atom. The minimum atomic E-state index is 0.0811. The van der Waals surface area contributed by atoms with Gasteiger partial charge in [-0.15, -0.1) is 0 Å². The van der Waals surface area contributed by atoms with Crippen molar-refractivity contribution >= 4 is 0 Å². The van der Waals surface area contributed by atoms with Gasteiger partial charge in [-0.25, -0.2) is 0 Å². The van der Waals surface area contributed by atoms with E-state index >= 15 is 0 Å². The molecule has 1 heteroatoms. The highest BCUT2D eigenvalue weighted by Gasteiger charge is 2.22. The summed E-state index contributed by atoms with van der Waals surface area (Å²) in [7, 11) is 0. The first-order chi connectivity index (χ1) is 8.16. The molecule has 1 rings (SSSR count). The molecular formula is C17H26O. The van der Waals surface area contributed by atoms with Crippen LogP contribution in [0, 0.1) is 0 Å². The molecule has 0 amide bonds. The van der Waals surface area contributed by atoms with E-state index in [1.54, 1.807) is 6.08 Å². The fourth-order valence-electron chi connectivity index (χ4n) is 1.86. The molecule has 0 saturated heterocycles. The molecule has 0 spiro atoms. The first-order valence-electron chi connectivity index (χ1n) is 6.55. The minimum absolute atomic E-state index is 0.0811. The van der Waals surface area contributed by atoms with Crippen molar-refractivity contribution in [2.75, 3.05) is 6.61 Å². The summed E-state index contributed by atoms with van der Waals surface area (Å²) >= 11 is 0. The van der Waals surface area contributed by atoms with E-state index in [1.165, 1.54) is 11.1 Å². The van der Waals surface area contributed by atoms with Crippen LogP contribution in [-0.2, 0) is 10.8 Å². The van der Waals surface area contributed by atoms with Crippen LogP contribution in [0.15, 0.2) is 30.9 Å². The molecule has 0 aromatic heterocycles. The second-order valence-electron chi connectivity index (χ2n) is 6.81. The summed E-state index contributed by atoms with van der Waals surface area (Å²) in [5.74, 6) is 0.968. The predicted molar refractivity (Wildman–Crippen MR) is 79.5 cm³/mol. The van der Waals surface area contributed by atoms with Crippen LogP contribution < -0.4 is 4.74 Å². The molecule has 1 aromatic rings. The maximum atomic E-state index is 5.76. The highest BCUT2D eigenvalue weighted by Crippen LogP contribution is 2.35. The van der Waals surface area contributed by atoms with E-state index in [2.05, 4.69) is 66.3 Å². The highest BCUT2D eigenvalue weighted by atomic mass is 16.5. The van der Waals surface area contributed by atoms with Gasteiger partial charge in [-0.1, -0.05) is 66.3 Å². The topological polar surface area (TPSA) is 9.23 Å². The molecule has 100 valence electrons. The molecule has 0 bridgehead atoms. The average molecular weight is 246 g/mol. The fraction of sp³-hybridized carbons (Fsp3) is 0.529. The Morgan fingerprint density at radius 1 is 1.06 bits per heavy atom. The summed E-state index contributed by atoms with van der Waals surface area (Å²) in [5.41, 5.74) is 2.85. The van der Waals surface area contributed by atoms with E-state index in [-0.39, 0.29) is 10.8 Å². The smallest absolute Gasteiger partial charge is 0.123 e. The van der Waals surface area contributed by atoms with Crippen LogP contribution in [0.25, 0.3) is 0 Å². The van der Waals surface area contributed by atoms with Gasteiger partial charge in [0.05, 0.1) is 0 Å². The van der Waals surface area contributed by atoms with Crippen LogP contribution in [0.3, 0.4) is 0 Å². The molecule has 0 unspecified atom stereocenters. The van der Waals surface area contributed by atoms with Crippen molar-refractivity contribution in [3.8, 4) is 5.75 Å². The van der Waals surface area contributed by atoms with Gasteiger partial charge in [-0.3, -0.25) is 0 Å². The third-order valence-electron chi connectivity index (χ3n) is 3.01. The van der Waals surface area contributed by atoms with Crippen LogP contribution in [0.2, 0.25) is 0 Å². The van der Waals surface area contributed by atoms with E-state index in [1.807, 2.05) is 0 Å². The Morgan fingerprint density at radius 3 is 2.11 bits per heavy atom. The van der Waals surface area contributed by atoms with Crippen LogP contribution in [0.5, 0.6) is 5.75 Å². The zero-order valence-corrected chi connectivity index (χ0v) is 12.6. The molecule has 0 aliphatic heterocycles. The van der Waals surface area contributed by atoms with Crippen LogP contribution >= 0.6 is 0 Å². The molecule has 0 N–H and O–H groups in total. The number of hydrogen-bond donors (Lipinski definition) is 0. The highest BCUT2D eigenvalue weighted by molar-refractivity contribution is 5.43. The quantitative estimate of drug-likeness (QED) is 0.693.